The highest BCUT2D eigenvalue weighted by molar-refractivity contribution is 5.16. The molecule has 0 aromatic heterocycles. The molecular weight excluding hydrogens is 458 g/mol. The minimum absolute atomic E-state index is 0.172. The number of benzene rings is 1. The van der Waals surface area contributed by atoms with Crippen LogP contribution in [-0.2, 0) is 37.9 Å². The number of hydrogen-bond donors (Lipinski definition) is 1. The van der Waals surface area contributed by atoms with Crippen LogP contribution in [0.25, 0.3) is 0 Å². The van der Waals surface area contributed by atoms with Gasteiger partial charge in [-0.05, 0) is 6.42 Å². The van der Waals surface area contributed by atoms with Gasteiger partial charge in [0.05, 0.1) is 46.2 Å². The van der Waals surface area contributed by atoms with E-state index in [-0.39, 0.29) is 12.7 Å². The van der Waals surface area contributed by atoms with E-state index < -0.39 is 30.9 Å². The van der Waals surface area contributed by atoms with Crippen LogP contribution >= 0.6 is 0 Å². The van der Waals surface area contributed by atoms with Gasteiger partial charge < -0.3 is 43.0 Å². The number of ether oxygens (including phenoxy) is 8. The predicted octanol–water partition coefficient (Wildman–Crippen LogP) is 0.974. The van der Waals surface area contributed by atoms with Crippen LogP contribution in [0.1, 0.15) is 18.3 Å². The summed E-state index contributed by atoms with van der Waals surface area (Å²) >= 11 is 0. The lowest BCUT2D eigenvalue weighted by molar-refractivity contribution is -0.368. The average Bonchev–Trinajstić information content (AvgIpc) is 2.91. The molecule has 0 amide bonds. The maximum atomic E-state index is 9.15. The molecule has 3 fully saturated rings. The summed E-state index contributed by atoms with van der Waals surface area (Å²) in [6.45, 7) is 5.68. The van der Waals surface area contributed by atoms with Gasteiger partial charge in [0.2, 0.25) is 0 Å². The number of aliphatic hydroxyl groups is 1. The fourth-order valence-electron chi connectivity index (χ4n) is 4.59. The van der Waals surface area contributed by atoms with Gasteiger partial charge in [0.25, 0.3) is 0 Å². The molecule has 0 saturated carbocycles. The minimum atomic E-state index is -0.618. The largest absolute Gasteiger partial charge is 0.396 e. The van der Waals surface area contributed by atoms with Crippen LogP contribution in [0.3, 0.4) is 0 Å². The van der Waals surface area contributed by atoms with Crippen molar-refractivity contribution >= 4 is 0 Å². The van der Waals surface area contributed by atoms with E-state index in [1.54, 1.807) is 7.11 Å². The molecule has 0 unspecified atom stereocenters. The molecule has 4 rings (SSSR count). The molecule has 35 heavy (non-hydrogen) atoms. The zero-order valence-electron chi connectivity index (χ0n) is 20.5. The Morgan fingerprint density at radius 3 is 2.26 bits per heavy atom. The van der Waals surface area contributed by atoms with E-state index in [0.717, 1.165) is 31.6 Å². The number of rotatable bonds is 5. The van der Waals surface area contributed by atoms with Crippen molar-refractivity contribution in [2.75, 3.05) is 79.6 Å². The van der Waals surface area contributed by atoms with Crippen LogP contribution in [-0.4, -0.2) is 120 Å². The van der Waals surface area contributed by atoms with E-state index >= 15 is 0 Å². The zero-order valence-corrected chi connectivity index (χ0v) is 20.5. The molecule has 1 aromatic carbocycles. The molecule has 3 aliphatic heterocycles. The van der Waals surface area contributed by atoms with Gasteiger partial charge in [0.15, 0.2) is 12.6 Å². The molecule has 198 valence electrons. The first-order valence-corrected chi connectivity index (χ1v) is 12.5. The normalized spacial score (nSPS) is 34.2. The first-order chi connectivity index (χ1) is 17.3. The Labute approximate surface area is 207 Å². The third-order valence-electron chi connectivity index (χ3n) is 6.40. The van der Waals surface area contributed by atoms with Gasteiger partial charge >= 0.3 is 0 Å². The van der Waals surface area contributed by atoms with E-state index in [2.05, 4.69) is 4.90 Å². The lowest BCUT2D eigenvalue weighted by atomic mass is 9.97. The van der Waals surface area contributed by atoms with Crippen molar-refractivity contribution in [2.24, 2.45) is 0 Å². The Morgan fingerprint density at radius 2 is 1.57 bits per heavy atom. The topological polar surface area (TPSA) is 97.3 Å². The van der Waals surface area contributed by atoms with Crippen LogP contribution in [0.15, 0.2) is 30.3 Å². The number of methoxy groups -OCH3 is 1. The average molecular weight is 498 g/mol. The first kappa shape index (κ1) is 26.9. The number of fused-ring (bicyclic) bond motifs is 3. The second-order valence-corrected chi connectivity index (χ2v) is 8.77. The lowest BCUT2D eigenvalue weighted by Crippen LogP contribution is -2.63. The van der Waals surface area contributed by atoms with Crippen LogP contribution in [0.5, 0.6) is 0 Å². The molecular formula is C25H39NO9. The summed E-state index contributed by atoms with van der Waals surface area (Å²) in [5.74, 6) is 0. The molecule has 0 bridgehead atoms. The molecule has 0 radical (unpaired) electrons. The summed E-state index contributed by atoms with van der Waals surface area (Å²) in [7, 11) is 1.60. The molecule has 3 saturated heterocycles. The van der Waals surface area contributed by atoms with Crippen LogP contribution in [0.2, 0.25) is 0 Å². The molecule has 1 aromatic rings. The zero-order chi connectivity index (χ0) is 24.3. The summed E-state index contributed by atoms with van der Waals surface area (Å²) < 4.78 is 48.3. The summed E-state index contributed by atoms with van der Waals surface area (Å²) in [6, 6.07) is 9.84. The third kappa shape index (κ3) is 7.65. The first-order valence-electron chi connectivity index (χ1n) is 12.5. The standard InChI is InChI=1S/C25H39NO9/c1-28-25-23-22(21-20(34-25)18-33-24(35-21)19-6-3-2-4-7-19)31-16-14-29-12-9-26(8-5-11-27)10-13-30-15-17-32-23/h2-4,6-7,20-25,27H,5,8-18H2,1H3/t20-,21+,22+,23-,24-,25+/m1/s1. The molecule has 1 N–H and O–H groups in total. The summed E-state index contributed by atoms with van der Waals surface area (Å²) in [6.07, 6.45) is -2.06. The second-order valence-electron chi connectivity index (χ2n) is 8.77. The number of hydrogen-bond acceptors (Lipinski definition) is 10. The van der Waals surface area contributed by atoms with E-state index in [0.29, 0.717) is 46.2 Å². The van der Waals surface area contributed by atoms with E-state index in [4.69, 9.17) is 43.0 Å². The summed E-state index contributed by atoms with van der Waals surface area (Å²) in [5, 5.41) is 9.15. The highest BCUT2D eigenvalue weighted by atomic mass is 16.8. The van der Waals surface area contributed by atoms with Gasteiger partial charge in [0.1, 0.15) is 24.4 Å². The summed E-state index contributed by atoms with van der Waals surface area (Å²) in [5.41, 5.74) is 0.942. The van der Waals surface area contributed by atoms with Gasteiger partial charge in [0, 0.05) is 38.9 Å². The number of aliphatic hydroxyl groups excluding tert-OH is 1. The van der Waals surface area contributed by atoms with Crippen LogP contribution in [0, 0.1) is 0 Å². The minimum Gasteiger partial charge on any atom is -0.396 e. The maximum absolute atomic E-state index is 9.15. The predicted molar refractivity (Wildman–Crippen MR) is 125 cm³/mol. The van der Waals surface area contributed by atoms with Crippen LogP contribution in [0.4, 0.5) is 0 Å². The SMILES string of the molecule is CO[C@H]1O[C@@H]2CO[C@@H](c3ccccc3)O[C@@H]2[C@@H]2OCCOCCN(CCCO)CCOCCO[C@@H]12. The van der Waals surface area contributed by atoms with Crippen molar-refractivity contribution < 1.29 is 43.0 Å². The number of nitrogens with zero attached hydrogens (tertiary/aromatic N) is 1. The van der Waals surface area contributed by atoms with Gasteiger partial charge in [-0.1, -0.05) is 30.3 Å². The monoisotopic (exact) mass is 497 g/mol. The quantitative estimate of drug-likeness (QED) is 0.634. The highest BCUT2D eigenvalue weighted by Crippen LogP contribution is 2.36. The molecule has 10 nitrogen and oxygen atoms in total. The van der Waals surface area contributed by atoms with Gasteiger partial charge in [-0.15, -0.1) is 0 Å². The van der Waals surface area contributed by atoms with Crippen molar-refractivity contribution in [3.8, 4) is 0 Å². The van der Waals surface area contributed by atoms with Crippen LogP contribution < -0.4 is 0 Å². The van der Waals surface area contributed by atoms with Crippen molar-refractivity contribution in [2.45, 2.75) is 43.4 Å². The van der Waals surface area contributed by atoms with E-state index in [1.807, 2.05) is 30.3 Å². The van der Waals surface area contributed by atoms with Crippen molar-refractivity contribution in [3.05, 3.63) is 35.9 Å². The Hall–Kier alpha value is -1.18. The highest BCUT2D eigenvalue weighted by Gasteiger charge is 2.51. The Bertz CT molecular complexity index is 711. The summed E-state index contributed by atoms with van der Waals surface area (Å²) in [4.78, 5) is 2.23. The molecule has 0 aliphatic carbocycles. The fraction of sp³-hybridized carbons (Fsp3) is 0.760. The Kier molecular flexibility index (Phi) is 11.2. The van der Waals surface area contributed by atoms with Crippen molar-refractivity contribution in [3.63, 3.8) is 0 Å². The van der Waals surface area contributed by atoms with E-state index in [1.165, 1.54) is 0 Å². The molecule has 0 spiro atoms. The lowest BCUT2D eigenvalue weighted by Gasteiger charge is -2.48. The molecule has 10 heteroatoms. The molecule has 3 heterocycles. The second kappa shape index (κ2) is 14.5. The smallest absolute Gasteiger partial charge is 0.186 e. The Balaban J connectivity index is 1.42. The van der Waals surface area contributed by atoms with Gasteiger partial charge in [-0.3, -0.25) is 4.90 Å². The van der Waals surface area contributed by atoms with Gasteiger partial charge in [-0.2, -0.15) is 0 Å². The fourth-order valence-corrected chi connectivity index (χ4v) is 4.59. The third-order valence-corrected chi connectivity index (χ3v) is 6.40. The molecule has 3 aliphatic rings. The Morgan fingerprint density at radius 1 is 0.857 bits per heavy atom. The van der Waals surface area contributed by atoms with Crippen molar-refractivity contribution in [1.29, 1.82) is 0 Å². The molecule has 6 atom stereocenters. The van der Waals surface area contributed by atoms with E-state index in [9.17, 15) is 0 Å². The van der Waals surface area contributed by atoms with Crippen molar-refractivity contribution in [1.82, 2.24) is 4.90 Å². The maximum Gasteiger partial charge on any atom is 0.186 e. The van der Waals surface area contributed by atoms with Gasteiger partial charge in [-0.25, -0.2) is 0 Å².